The summed E-state index contributed by atoms with van der Waals surface area (Å²) in [5.41, 5.74) is 0.830. The molecule has 0 radical (unpaired) electrons. The normalized spacial score (nSPS) is 22.2. The number of carbonyl (C=O) groups excluding carboxylic acids is 2. The van der Waals surface area contributed by atoms with Crippen molar-refractivity contribution in [3.8, 4) is 0 Å². The summed E-state index contributed by atoms with van der Waals surface area (Å²) in [6.07, 6.45) is 3.38. The van der Waals surface area contributed by atoms with Gasteiger partial charge in [0.1, 0.15) is 5.84 Å². The van der Waals surface area contributed by atoms with E-state index in [4.69, 9.17) is 23.2 Å². The first kappa shape index (κ1) is 28.8. The number of rotatable bonds is 8. The predicted octanol–water partition coefficient (Wildman–Crippen LogP) is 3.21. The van der Waals surface area contributed by atoms with Crippen molar-refractivity contribution < 1.29 is 9.59 Å². The Morgan fingerprint density at radius 1 is 1.05 bits per heavy atom. The second-order valence-corrected chi connectivity index (χ2v) is 12.2. The summed E-state index contributed by atoms with van der Waals surface area (Å²) in [6, 6.07) is 6.04. The molecule has 204 valence electrons. The molecule has 2 N–H and O–H groups in total. The molecule has 4 rings (SSSR count). The summed E-state index contributed by atoms with van der Waals surface area (Å²) in [5, 5.41) is 13.2. The van der Waals surface area contributed by atoms with Crippen LogP contribution in [-0.2, 0) is 9.59 Å². The van der Waals surface area contributed by atoms with Gasteiger partial charge >= 0.3 is 0 Å². The first-order chi connectivity index (χ1) is 17.8. The number of benzene rings is 1. The van der Waals surface area contributed by atoms with Gasteiger partial charge in [0.2, 0.25) is 11.8 Å². The Bertz CT molecular complexity index is 982. The molecule has 37 heavy (non-hydrogen) atoms. The maximum absolute atomic E-state index is 12.4. The van der Waals surface area contributed by atoms with E-state index in [9.17, 15) is 9.59 Å². The molecule has 2 amide bonds. The van der Waals surface area contributed by atoms with Crippen LogP contribution in [0.1, 0.15) is 32.6 Å². The van der Waals surface area contributed by atoms with Gasteiger partial charge in [-0.25, -0.2) is 3.11 Å². The molecule has 9 nitrogen and oxygen atoms in total. The van der Waals surface area contributed by atoms with E-state index in [1.165, 1.54) is 12.8 Å². The Hall–Kier alpha value is -1.18. The molecule has 2 fully saturated rings. The Labute approximate surface area is 243 Å². The van der Waals surface area contributed by atoms with Crippen molar-refractivity contribution in [2.24, 2.45) is 11.0 Å². The number of carbonyl (C=O) groups is 2. The van der Waals surface area contributed by atoms with Crippen LogP contribution in [0.15, 0.2) is 23.3 Å². The fraction of sp³-hybridized carbons (Fsp3) is 0.640. The van der Waals surface area contributed by atoms with E-state index < -0.39 is 0 Å². The summed E-state index contributed by atoms with van der Waals surface area (Å²) < 4.78 is 2.37. The Morgan fingerprint density at radius 2 is 1.78 bits per heavy atom. The summed E-state index contributed by atoms with van der Waals surface area (Å²) in [5.74, 6) is 0.648. The van der Waals surface area contributed by atoms with Crippen molar-refractivity contribution in [1.82, 2.24) is 23.5 Å². The van der Waals surface area contributed by atoms with Gasteiger partial charge in [0.05, 0.1) is 28.8 Å². The summed E-state index contributed by atoms with van der Waals surface area (Å²) in [4.78, 5) is 29.7. The molecule has 1 aromatic rings. The second kappa shape index (κ2) is 13.7. The number of hydrogen-bond acceptors (Lipinski definition) is 7. The van der Waals surface area contributed by atoms with Gasteiger partial charge in [-0.2, -0.15) is 5.10 Å². The first-order valence-electron chi connectivity index (χ1n) is 13.0. The molecule has 1 aromatic carbocycles. The zero-order valence-electron chi connectivity index (χ0n) is 21.3. The van der Waals surface area contributed by atoms with Gasteiger partial charge in [0.25, 0.3) is 0 Å². The fourth-order valence-electron chi connectivity index (χ4n) is 5.00. The molecule has 0 aliphatic carbocycles. The summed E-state index contributed by atoms with van der Waals surface area (Å²) in [6.45, 7) is 9.82. The maximum Gasteiger partial charge on any atom is 0.234 e. The number of hydrazone groups is 1. The lowest BCUT2D eigenvalue weighted by Gasteiger charge is -2.41. The monoisotopic (exact) mass is 663 g/mol. The van der Waals surface area contributed by atoms with Crippen molar-refractivity contribution in [2.45, 2.75) is 38.6 Å². The quantitative estimate of drug-likeness (QED) is 0.253. The fourth-order valence-corrected chi connectivity index (χ4v) is 5.85. The molecule has 1 unspecified atom stereocenters. The molecule has 0 bridgehead atoms. The largest absolute Gasteiger partial charge is 0.355 e. The smallest absolute Gasteiger partial charge is 0.234 e. The molecule has 3 aliphatic heterocycles. The molecular formula is C25H36Cl2IN7O2. The third-order valence-corrected chi connectivity index (χ3v) is 8.92. The molecular weight excluding hydrogens is 628 g/mol. The third kappa shape index (κ3) is 8.40. The highest BCUT2D eigenvalue weighted by Gasteiger charge is 2.28. The van der Waals surface area contributed by atoms with Crippen molar-refractivity contribution >= 4 is 69.4 Å². The first-order valence-corrected chi connectivity index (χ1v) is 14.8. The predicted molar refractivity (Wildman–Crippen MR) is 157 cm³/mol. The SMILES string of the molecule is CC1CN(c2ccc(Cl)c(Cl)c2)N=C1NC(=O)CCCNC(=O)CN1CCN(C2CCN(I)CC2)CC1. The number of nitrogens with one attached hydrogen (secondary N) is 2. The van der Waals surface area contributed by atoms with Crippen molar-refractivity contribution in [3.63, 3.8) is 0 Å². The van der Waals surface area contributed by atoms with Gasteiger partial charge < -0.3 is 10.6 Å². The lowest BCUT2D eigenvalue weighted by molar-refractivity contribution is -0.123. The van der Waals surface area contributed by atoms with Gasteiger partial charge in [-0.05, 0) is 37.5 Å². The molecule has 0 spiro atoms. The number of amides is 2. The Morgan fingerprint density at radius 3 is 2.49 bits per heavy atom. The van der Waals surface area contributed by atoms with Crippen molar-refractivity contribution in [2.75, 3.05) is 63.9 Å². The Balaban J connectivity index is 1.10. The van der Waals surface area contributed by atoms with Crippen LogP contribution in [0.2, 0.25) is 10.0 Å². The van der Waals surface area contributed by atoms with Crippen LogP contribution in [0, 0.1) is 5.92 Å². The van der Waals surface area contributed by atoms with E-state index in [0.717, 1.165) is 45.0 Å². The van der Waals surface area contributed by atoms with Crippen LogP contribution >= 0.6 is 46.1 Å². The number of anilines is 1. The Kier molecular flexibility index (Phi) is 10.7. The third-order valence-electron chi connectivity index (χ3n) is 7.21. The highest BCUT2D eigenvalue weighted by atomic mass is 127. The summed E-state index contributed by atoms with van der Waals surface area (Å²) in [7, 11) is 0. The van der Waals surface area contributed by atoms with Gasteiger partial charge in [-0.1, -0.05) is 30.1 Å². The van der Waals surface area contributed by atoms with Crippen LogP contribution in [0.4, 0.5) is 5.69 Å². The van der Waals surface area contributed by atoms with Crippen LogP contribution in [0.3, 0.4) is 0 Å². The van der Waals surface area contributed by atoms with E-state index >= 15 is 0 Å². The van der Waals surface area contributed by atoms with Crippen LogP contribution in [-0.4, -0.2) is 95.5 Å². The number of halogens is 3. The minimum Gasteiger partial charge on any atom is -0.355 e. The van der Waals surface area contributed by atoms with E-state index in [1.807, 2.05) is 18.0 Å². The lowest BCUT2D eigenvalue weighted by Crippen LogP contribution is -2.54. The molecule has 0 saturated carbocycles. The minimum absolute atomic E-state index is 0.0261. The van der Waals surface area contributed by atoms with Gasteiger partial charge in [0, 0.05) is 87.1 Å². The minimum atomic E-state index is -0.0969. The lowest BCUT2D eigenvalue weighted by atomic mass is 10.0. The van der Waals surface area contributed by atoms with Gasteiger partial charge in [0.15, 0.2) is 0 Å². The molecule has 3 aliphatic rings. The zero-order valence-corrected chi connectivity index (χ0v) is 24.9. The zero-order chi connectivity index (χ0) is 26.4. The average Bonchev–Trinajstić information content (AvgIpc) is 3.24. The number of nitrogens with zero attached hydrogens (tertiary/aromatic N) is 5. The number of amidine groups is 1. The van der Waals surface area contributed by atoms with Gasteiger partial charge in [-0.3, -0.25) is 24.4 Å². The number of piperazine rings is 1. The average molecular weight is 664 g/mol. The van der Waals surface area contributed by atoms with E-state index in [2.05, 4.69) is 51.5 Å². The van der Waals surface area contributed by atoms with Crippen molar-refractivity contribution in [1.29, 1.82) is 0 Å². The molecule has 1 atom stereocenters. The summed E-state index contributed by atoms with van der Waals surface area (Å²) >= 11 is 14.5. The number of hydrogen-bond donors (Lipinski definition) is 2. The van der Waals surface area contributed by atoms with Crippen LogP contribution in [0.5, 0.6) is 0 Å². The number of piperidine rings is 1. The maximum atomic E-state index is 12.4. The second-order valence-electron chi connectivity index (χ2n) is 10.0. The molecule has 3 heterocycles. The van der Waals surface area contributed by atoms with E-state index in [0.29, 0.717) is 54.4 Å². The van der Waals surface area contributed by atoms with Crippen LogP contribution < -0.4 is 15.6 Å². The standard InChI is InChI=1S/C25H36Cl2IN7O2/c1-18-16-35(20-4-5-21(26)22(27)15-20)31-25(18)30-23(36)3-2-8-29-24(37)17-32-11-13-33(14-12-32)19-6-9-34(28)10-7-19/h4-5,15,18-19H,2-3,6-14,16-17H2,1H3,(H,29,37)(H,30,31,36). The van der Waals surface area contributed by atoms with Crippen LogP contribution in [0.25, 0.3) is 0 Å². The highest BCUT2D eigenvalue weighted by Crippen LogP contribution is 2.29. The highest BCUT2D eigenvalue weighted by molar-refractivity contribution is 14.1. The molecule has 2 saturated heterocycles. The van der Waals surface area contributed by atoms with E-state index in [-0.39, 0.29) is 17.7 Å². The van der Waals surface area contributed by atoms with Crippen molar-refractivity contribution in [3.05, 3.63) is 28.2 Å². The molecule has 12 heteroatoms. The topological polar surface area (TPSA) is 83.5 Å². The molecule has 0 aromatic heterocycles. The van der Waals surface area contributed by atoms with Gasteiger partial charge in [-0.15, -0.1) is 0 Å². The van der Waals surface area contributed by atoms with E-state index in [1.54, 1.807) is 12.1 Å².